The number of hydrogen-bond donors (Lipinski definition) is 2. The van der Waals surface area contributed by atoms with Gasteiger partial charge < -0.3 is 29.5 Å². The van der Waals surface area contributed by atoms with Crippen molar-refractivity contribution in [3.05, 3.63) is 67.3 Å². The van der Waals surface area contributed by atoms with Crippen molar-refractivity contribution in [1.29, 1.82) is 0 Å². The summed E-state index contributed by atoms with van der Waals surface area (Å²) in [7, 11) is 0. The van der Waals surface area contributed by atoms with E-state index in [1.165, 1.54) is 13.8 Å². The first-order valence-corrected chi connectivity index (χ1v) is 13.7. The van der Waals surface area contributed by atoms with E-state index >= 15 is 0 Å². The van der Waals surface area contributed by atoms with Gasteiger partial charge in [-0.25, -0.2) is 24.7 Å². The predicted molar refractivity (Wildman–Crippen MR) is 156 cm³/mol. The highest BCUT2D eigenvalue weighted by Gasteiger charge is 2.29. The van der Waals surface area contributed by atoms with Crippen LogP contribution in [0.1, 0.15) is 33.6 Å². The average molecular weight is 572 g/mol. The number of anilines is 3. The van der Waals surface area contributed by atoms with Crippen LogP contribution in [0.4, 0.5) is 17.5 Å². The third-order valence-electron chi connectivity index (χ3n) is 6.53. The van der Waals surface area contributed by atoms with Crippen molar-refractivity contribution in [2.24, 2.45) is 0 Å². The van der Waals surface area contributed by atoms with Crippen LogP contribution >= 0.6 is 0 Å². The average Bonchev–Trinajstić information content (AvgIpc) is 2.99. The molecule has 0 spiro atoms. The monoisotopic (exact) mass is 571 g/mol. The Morgan fingerprint density at radius 2 is 1.98 bits per heavy atom. The normalized spacial score (nSPS) is 15.1. The van der Waals surface area contributed by atoms with Crippen molar-refractivity contribution < 1.29 is 24.1 Å². The molecule has 3 aromatic heterocycles. The standard InChI is InChI=1S/C30H33N7O5/c1-4-40-23-11-6-13-33-28(23)41-22-10-7-15-37(19-22)26-18-31-17-25(35-26)34-24-12-14-32-27(36-24)20-8-5-9-21(16-20)42-30(2,3)29(38)39/h5-6,8-9,11-14,16-18,22H,4,7,10,15,19H2,1-3H3,(H,38,39)(H,32,34,35,36). The highest BCUT2D eigenvalue weighted by atomic mass is 16.5. The van der Waals surface area contributed by atoms with E-state index < -0.39 is 11.6 Å². The maximum atomic E-state index is 11.5. The third kappa shape index (κ3) is 7.00. The first-order chi connectivity index (χ1) is 20.3. The molecule has 218 valence electrons. The predicted octanol–water partition coefficient (Wildman–Crippen LogP) is 4.76. The fourth-order valence-corrected chi connectivity index (χ4v) is 4.43. The fourth-order valence-electron chi connectivity index (χ4n) is 4.43. The van der Waals surface area contributed by atoms with Gasteiger partial charge in [-0.3, -0.25) is 4.98 Å². The van der Waals surface area contributed by atoms with Gasteiger partial charge in [0, 0.05) is 24.5 Å². The van der Waals surface area contributed by atoms with Crippen molar-refractivity contribution in [2.45, 2.75) is 45.3 Å². The molecule has 1 fully saturated rings. The number of carboxylic acids is 1. The second kappa shape index (κ2) is 12.7. The molecular weight excluding hydrogens is 538 g/mol. The first kappa shape index (κ1) is 28.5. The maximum Gasteiger partial charge on any atom is 0.347 e. The zero-order chi connectivity index (χ0) is 29.5. The van der Waals surface area contributed by atoms with E-state index in [1.54, 1.807) is 49.1 Å². The molecule has 1 atom stereocenters. The summed E-state index contributed by atoms with van der Waals surface area (Å²) in [6, 6.07) is 12.4. The lowest BCUT2D eigenvalue weighted by molar-refractivity contribution is -0.152. The number of aromatic nitrogens is 5. The summed E-state index contributed by atoms with van der Waals surface area (Å²) < 4.78 is 17.6. The Morgan fingerprint density at radius 3 is 2.81 bits per heavy atom. The van der Waals surface area contributed by atoms with E-state index in [9.17, 15) is 9.90 Å². The summed E-state index contributed by atoms with van der Waals surface area (Å²) in [4.78, 5) is 36.1. The lowest BCUT2D eigenvalue weighted by Gasteiger charge is -2.33. The van der Waals surface area contributed by atoms with Crippen molar-refractivity contribution in [1.82, 2.24) is 24.9 Å². The lowest BCUT2D eigenvalue weighted by atomic mass is 10.1. The molecule has 12 heteroatoms. The van der Waals surface area contributed by atoms with Crippen molar-refractivity contribution >= 4 is 23.4 Å². The van der Waals surface area contributed by atoms with Gasteiger partial charge in [0.15, 0.2) is 23.0 Å². The Balaban J connectivity index is 1.27. The van der Waals surface area contributed by atoms with Gasteiger partial charge in [0.2, 0.25) is 0 Å². The summed E-state index contributed by atoms with van der Waals surface area (Å²) >= 11 is 0. The molecule has 0 bridgehead atoms. The molecule has 1 aliphatic heterocycles. The highest BCUT2D eigenvalue weighted by molar-refractivity contribution is 5.77. The number of nitrogens with one attached hydrogen (secondary N) is 1. The zero-order valence-corrected chi connectivity index (χ0v) is 23.7. The van der Waals surface area contributed by atoms with Gasteiger partial charge in [-0.15, -0.1) is 0 Å². The minimum absolute atomic E-state index is 0.0727. The summed E-state index contributed by atoms with van der Waals surface area (Å²) in [6.07, 6.45) is 8.45. The van der Waals surface area contributed by atoms with Crippen LogP contribution in [0, 0.1) is 0 Å². The summed E-state index contributed by atoms with van der Waals surface area (Å²) in [6.45, 7) is 6.91. The summed E-state index contributed by atoms with van der Waals surface area (Å²) in [5.74, 6) is 2.70. The lowest BCUT2D eigenvalue weighted by Crippen LogP contribution is -2.41. The third-order valence-corrected chi connectivity index (χ3v) is 6.53. The van der Waals surface area contributed by atoms with Gasteiger partial charge in [0.25, 0.3) is 5.88 Å². The zero-order valence-electron chi connectivity index (χ0n) is 23.7. The fraction of sp³-hybridized carbons (Fsp3) is 0.333. The molecule has 0 amide bonds. The molecule has 4 heterocycles. The molecule has 1 aromatic carbocycles. The number of piperidine rings is 1. The van der Waals surface area contributed by atoms with Crippen LogP contribution < -0.4 is 24.4 Å². The van der Waals surface area contributed by atoms with Crippen LogP contribution in [-0.4, -0.2) is 67.4 Å². The van der Waals surface area contributed by atoms with Crippen LogP contribution in [0.3, 0.4) is 0 Å². The molecule has 1 aliphatic rings. The van der Waals surface area contributed by atoms with Gasteiger partial charge in [-0.05, 0) is 63.9 Å². The summed E-state index contributed by atoms with van der Waals surface area (Å²) in [5.41, 5.74) is -0.699. The molecule has 1 saturated heterocycles. The molecule has 42 heavy (non-hydrogen) atoms. The maximum absolute atomic E-state index is 11.5. The largest absolute Gasteiger partial charge is 0.488 e. The minimum atomic E-state index is -1.38. The molecule has 0 aliphatic carbocycles. The Kier molecular flexibility index (Phi) is 8.60. The molecule has 12 nitrogen and oxygen atoms in total. The second-order valence-corrected chi connectivity index (χ2v) is 10.2. The number of nitrogens with zero attached hydrogens (tertiary/aromatic N) is 6. The smallest absolute Gasteiger partial charge is 0.347 e. The van der Waals surface area contributed by atoms with Crippen molar-refractivity contribution in [3.63, 3.8) is 0 Å². The first-order valence-electron chi connectivity index (χ1n) is 13.7. The number of benzene rings is 1. The van der Waals surface area contributed by atoms with E-state index in [4.69, 9.17) is 19.2 Å². The van der Waals surface area contributed by atoms with Gasteiger partial charge in [-0.1, -0.05) is 12.1 Å². The van der Waals surface area contributed by atoms with Crippen LogP contribution in [0.25, 0.3) is 11.4 Å². The van der Waals surface area contributed by atoms with Crippen LogP contribution in [-0.2, 0) is 4.79 Å². The molecule has 4 aromatic rings. The Bertz CT molecular complexity index is 1530. The van der Waals surface area contributed by atoms with Gasteiger partial charge in [-0.2, -0.15) is 0 Å². The van der Waals surface area contributed by atoms with E-state index in [2.05, 4.69) is 30.2 Å². The van der Waals surface area contributed by atoms with Crippen LogP contribution in [0.5, 0.6) is 17.4 Å². The Hall–Kier alpha value is -5.00. The molecule has 0 saturated carbocycles. The van der Waals surface area contributed by atoms with Crippen molar-refractivity contribution in [3.8, 4) is 28.8 Å². The second-order valence-electron chi connectivity index (χ2n) is 10.2. The molecule has 5 rings (SSSR count). The van der Waals surface area contributed by atoms with Gasteiger partial charge in [0.05, 0.1) is 25.5 Å². The minimum Gasteiger partial charge on any atom is -0.488 e. The van der Waals surface area contributed by atoms with E-state index in [1.807, 2.05) is 25.1 Å². The Labute approximate surface area is 243 Å². The molecule has 2 N–H and O–H groups in total. The van der Waals surface area contributed by atoms with E-state index in [-0.39, 0.29) is 6.10 Å². The number of rotatable bonds is 11. The number of carbonyl (C=O) groups is 1. The molecular formula is C30H33N7O5. The topological polar surface area (TPSA) is 145 Å². The van der Waals surface area contributed by atoms with Crippen LogP contribution in [0.2, 0.25) is 0 Å². The Morgan fingerprint density at radius 1 is 1.10 bits per heavy atom. The summed E-state index contributed by atoms with van der Waals surface area (Å²) in [5, 5.41) is 12.6. The van der Waals surface area contributed by atoms with Crippen molar-refractivity contribution in [2.75, 3.05) is 29.9 Å². The van der Waals surface area contributed by atoms with E-state index in [0.717, 1.165) is 25.2 Å². The SMILES string of the molecule is CCOc1cccnc1OC1CCCN(c2cncc(Nc3ccnc(-c4cccc(OC(C)(C)C(=O)O)c4)n3)n2)C1. The van der Waals surface area contributed by atoms with Gasteiger partial charge in [0.1, 0.15) is 23.5 Å². The molecule has 0 radical (unpaired) electrons. The van der Waals surface area contributed by atoms with E-state index in [0.29, 0.717) is 53.6 Å². The highest BCUT2D eigenvalue weighted by Crippen LogP contribution is 2.29. The number of aliphatic carboxylic acids is 1. The van der Waals surface area contributed by atoms with Gasteiger partial charge >= 0.3 is 5.97 Å². The number of pyridine rings is 1. The van der Waals surface area contributed by atoms with Crippen LogP contribution in [0.15, 0.2) is 67.3 Å². The molecule has 1 unspecified atom stereocenters. The quantitative estimate of drug-likeness (QED) is 0.256. The number of hydrogen-bond acceptors (Lipinski definition) is 11. The number of carboxylic acid groups (broad SMARTS) is 1. The number of ether oxygens (including phenoxy) is 3.